The summed E-state index contributed by atoms with van der Waals surface area (Å²) in [5.74, 6) is 0.640. The molecular formula is C16H29BN6O3Si. The molecule has 148 valence electrons. The number of nitrogens with two attached hydrogens (primary N) is 1. The van der Waals surface area contributed by atoms with Crippen LogP contribution in [-0.2, 0) is 9.16 Å². The molecule has 1 aliphatic heterocycles. The van der Waals surface area contributed by atoms with Gasteiger partial charge >= 0.3 is 0 Å². The molecule has 2 aromatic rings. The maximum atomic E-state index is 9.71. The van der Waals surface area contributed by atoms with E-state index in [1.807, 2.05) is 4.57 Å². The Morgan fingerprint density at radius 1 is 1.37 bits per heavy atom. The van der Waals surface area contributed by atoms with E-state index in [1.54, 1.807) is 14.3 Å². The molecule has 9 nitrogen and oxygen atoms in total. The number of rotatable bonds is 5. The van der Waals surface area contributed by atoms with Crippen molar-refractivity contribution in [1.82, 2.24) is 19.5 Å². The van der Waals surface area contributed by atoms with E-state index in [2.05, 4.69) is 54.0 Å². The van der Waals surface area contributed by atoms with Crippen molar-refractivity contribution in [2.45, 2.75) is 63.4 Å². The zero-order valence-electron chi connectivity index (χ0n) is 16.8. The fraction of sp³-hybridized carbons (Fsp3) is 0.688. The fourth-order valence-electron chi connectivity index (χ4n) is 3.01. The Morgan fingerprint density at radius 3 is 2.67 bits per heavy atom. The number of aliphatic hydroxyl groups excluding tert-OH is 1. The average Bonchev–Trinajstić information content (AvgIpc) is 3.15. The third kappa shape index (κ3) is 3.49. The second-order valence-corrected chi connectivity index (χ2v) is 13.2. The molecular weight excluding hydrogens is 363 g/mol. The Balaban J connectivity index is 2.02. The molecule has 0 aromatic carbocycles. The van der Waals surface area contributed by atoms with Gasteiger partial charge in [-0.05, 0) is 18.1 Å². The first-order chi connectivity index (χ1) is 12.6. The second kappa shape index (κ2) is 7.13. The van der Waals surface area contributed by atoms with E-state index in [9.17, 15) is 5.11 Å². The Kier molecular flexibility index (Phi) is 5.34. The van der Waals surface area contributed by atoms with Crippen molar-refractivity contribution in [2.24, 2.45) is 5.73 Å². The number of hydrogen-bond donors (Lipinski definition) is 3. The molecule has 4 N–H and O–H groups in total. The van der Waals surface area contributed by atoms with E-state index in [0.717, 1.165) is 0 Å². The molecule has 1 fully saturated rings. The number of nitrogens with zero attached hydrogens (tertiary/aromatic N) is 4. The average molecular weight is 392 g/mol. The van der Waals surface area contributed by atoms with Crippen LogP contribution in [0.15, 0.2) is 12.7 Å². The van der Waals surface area contributed by atoms with E-state index in [0.29, 0.717) is 17.0 Å². The van der Waals surface area contributed by atoms with Crippen molar-refractivity contribution >= 4 is 33.3 Å². The molecule has 0 unspecified atom stereocenters. The van der Waals surface area contributed by atoms with Gasteiger partial charge in [0.1, 0.15) is 29.9 Å². The molecule has 0 bridgehead atoms. The maximum Gasteiger partial charge on any atom is 0.215 e. The largest absolute Gasteiger partial charge is 0.418 e. The molecule has 0 amide bonds. The zero-order chi connectivity index (χ0) is 20.0. The van der Waals surface area contributed by atoms with Gasteiger partial charge in [0.15, 0.2) is 20.2 Å². The van der Waals surface area contributed by atoms with Crippen LogP contribution in [0.2, 0.25) is 18.1 Å². The molecule has 3 rings (SSSR count). The van der Waals surface area contributed by atoms with E-state index in [4.69, 9.17) is 14.9 Å². The first kappa shape index (κ1) is 20.2. The number of aromatic nitrogens is 4. The van der Waals surface area contributed by atoms with Gasteiger partial charge in [-0.25, -0.2) is 15.0 Å². The third-order valence-electron chi connectivity index (χ3n) is 5.69. The molecule has 11 heteroatoms. The van der Waals surface area contributed by atoms with E-state index < -0.39 is 32.8 Å². The van der Waals surface area contributed by atoms with Crippen LogP contribution in [0, 0.1) is 0 Å². The molecule has 0 spiro atoms. The molecule has 4 atom stereocenters. The van der Waals surface area contributed by atoms with Gasteiger partial charge in [-0.15, -0.1) is 0 Å². The normalized spacial score (nSPS) is 26.6. The molecule has 0 saturated carbocycles. The number of hydrogen-bond acceptors (Lipinski definition) is 8. The molecule has 2 aromatic heterocycles. The van der Waals surface area contributed by atoms with Crippen LogP contribution in [0.3, 0.4) is 0 Å². The Hall–Kier alpha value is -1.53. The zero-order valence-corrected chi connectivity index (χ0v) is 17.8. The van der Waals surface area contributed by atoms with Gasteiger partial charge < -0.3 is 25.2 Å². The standard InChI is InChI=1S/C16H29BN6O3Si/c1-16(2,3)27(4,5)26-12-10(18)9(6-24)25-15(12)23-8-21-11-13(22-17)19-7-20-14(11)23/h7-10,12,15,24H,6,17-18H2,1-5H3,(H,19,20,22)/t9-,10-,12-,15-/m1/s1. The smallest absolute Gasteiger partial charge is 0.215 e. The lowest BCUT2D eigenvalue weighted by Gasteiger charge is -2.40. The first-order valence-corrected chi connectivity index (χ1v) is 12.1. The second-order valence-electron chi connectivity index (χ2n) is 8.46. The topological polar surface area (TPSA) is 120 Å². The number of fused-ring (bicyclic) bond motifs is 1. The Labute approximate surface area is 161 Å². The highest BCUT2D eigenvalue weighted by atomic mass is 28.4. The maximum absolute atomic E-state index is 9.71. The van der Waals surface area contributed by atoms with Crippen molar-refractivity contribution in [3.8, 4) is 0 Å². The minimum Gasteiger partial charge on any atom is -0.418 e. The summed E-state index contributed by atoms with van der Waals surface area (Å²) in [5.41, 5.74) is 7.70. The quantitative estimate of drug-likeness (QED) is 0.625. The van der Waals surface area contributed by atoms with Crippen molar-refractivity contribution in [1.29, 1.82) is 0 Å². The lowest BCUT2D eigenvalue weighted by atomic mass is 10.1. The summed E-state index contributed by atoms with van der Waals surface area (Å²) in [6, 6.07) is -0.447. The summed E-state index contributed by atoms with van der Waals surface area (Å²) >= 11 is 0. The molecule has 0 aliphatic carbocycles. The van der Waals surface area contributed by atoms with Crippen LogP contribution in [0.4, 0.5) is 5.82 Å². The summed E-state index contributed by atoms with van der Waals surface area (Å²) in [6.45, 7) is 10.7. The van der Waals surface area contributed by atoms with Crippen LogP contribution in [0.25, 0.3) is 11.2 Å². The Morgan fingerprint density at radius 2 is 2.07 bits per heavy atom. The fourth-order valence-corrected chi connectivity index (χ4v) is 4.32. The highest BCUT2D eigenvalue weighted by Crippen LogP contribution is 2.42. The highest BCUT2D eigenvalue weighted by Gasteiger charge is 2.49. The molecule has 3 heterocycles. The number of aliphatic hydroxyl groups is 1. The van der Waals surface area contributed by atoms with Crippen molar-refractivity contribution in [3.05, 3.63) is 12.7 Å². The van der Waals surface area contributed by atoms with Crippen LogP contribution in [-0.4, -0.2) is 65.8 Å². The molecule has 0 radical (unpaired) electrons. The third-order valence-corrected chi connectivity index (χ3v) is 10.2. The predicted octanol–water partition coefficient (Wildman–Crippen LogP) is 0.394. The van der Waals surface area contributed by atoms with Crippen LogP contribution < -0.4 is 11.0 Å². The SMILES string of the molecule is BNc1ncnc2c1ncn2[C@@H]1O[C@H](CO)[C@@H](N)[C@H]1O[Si](C)(C)C(C)(C)C. The summed E-state index contributed by atoms with van der Waals surface area (Å²) < 4.78 is 14.5. The summed E-state index contributed by atoms with van der Waals surface area (Å²) in [6.07, 6.45) is 1.71. The van der Waals surface area contributed by atoms with E-state index >= 15 is 0 Å². The molecule has 1 aliphatic rings. The number of ether oxygens (including phenoxy) is 1. The highest BCUT2D eigenvalue weighted by molar-refractivity contribution is 6.74. The van der Waals surface area contributed by atoms with Gasteiger partial charge in [0.2, 0.25) is 7.98 Å². The van der Waals surface area contributed by atoms with Crippen molar-refractivity contribution < 1.29 is 14.3 Å². The monoisotopic (exact) mass is 392 g/mol. The van der Waals surface area contributed by atoms with Crippen molar-refractivity contribution in [3.63, 3.8) is 0 Å². The van der Waals surface area contributed by atoms with Gasteiger partial charge in [-0.3, -0.25) is 4.57 Å². The lowest BCUT2D eigenvalue weighted by molar-refractivity contribution is -0.0462. The summed E-state index contributed by atoms with van der Waals surface area (Å²) in [7, 11) is -0.328. The molecule has 27 heavy (non-hydrogen) atoms. The van der Waals surface area contributed by atoms with E-state index in [-0.39, 0.29) is 11.6 Å². The number of anilines is 1. The minimum absolute atomic E-state index is 0.0209. The van der Waals surface area contributed by atoms with Crippen molar-refractivity contribution in [2.75, 3.05) is 11.8 Å². The summed E-state index contributed by atoms with van der Waals surface area (Å²) in [5, 5.41) is 12.7. The Bertz CT molecular complexity index is 811. The number of nitrogens with one attached hydrogen (secondary N) is 1. The first-order valence-electron chi connectivity index (χ1n) is 9.15. The van der Waals surface area contributed by atoms with Crippen LogP contribution >= 0.6 is 0 Å². The van der Waals surface area contributed by atoms with Gasteiger partial charge in [0, 0.05) is 0 Å². The van der Waals surface area contributed by atoms with Gasteiger partial charge in [-0.2, -0.15) is 0 Å². The lowest BCUT2D eigenvalue weighted by Crippen LogP contribution is -2.51. The minimum atomic E-state index is -2.11. The molecule has 1 saturated heterocycles. The van der Waals surface area contributed by atoms with Crippen LogP contribution in [0.5, 0.6) is 0 Å². The van der Waals surface area contributed by atoms with Gasteiger partial charge in [0.05, 0.1) is 19.0 Å². The van der Waals surface area contributed by atoms with Gasteiger partial charge in [0.25, 0.3) is 0 Å². The van der Waals surface area contributed by atoms with Crippen LogP contribution in [0.1, 0.15) is 27.0 Å². The van der Waals surface area contributed by atoms with E-state index in [1.165, 1.54) is 6.33 Å². The number of imidazole rings is 1. The van der Waals surface area contributed by atoms with Gasteiger partial charge in [-0.1, -0.05) is 20.8 Å². The predicted molar refractivity (Wildman–Crippen MR) is 109 cm³/mol. The summed E-state index contributed by atoms with van der Waals surface area (Å²) in [4.78, 5) is 13.0.